The first-order valence-electron chi connectivity index (χ1n) is 8.38. The molecule has 2 aromatic carbocycles. The highest BCUT2D eigenvalue weighted by Crippen LogP contribution is 2.30. The lowest BCUT2D eigenvalue weighted by Crippen LogP contribution is -2.13. The summed E-state index contributed by atoms with van der Waals surface area (Å²) in [5.74, 6) is 1.26. The number of carbonyl (C=O) groups excluding carboxylic acids is 1. The van der Waals surface area contributed by atoms with Crippen molar-refractivity contribution in [1.82, 2.24) is 9.97 Å². The lowest BCUT2D eigenvalue weighted by Gasteiger charge is -2.11. The van der Waals surface area contributed by atoms with Crippen LogP contribution in [0.1, 0.15) is 15.9 Å². The molecule has 0 bridgehead atoms. The highest BCUT2D eigenvalue weighted by molar-refractivity contribution is 6.31. The number of benzene rings is 2. The van der Waals surface area contributed by atoms with E-state index in [1.807, 2.05) is 13.0 Å². The number of hydrogen-bond donors (Lipinski definition) is 2. The van der Waals surface area contributed by atoms with E-state index in [-0.39, 0.29) is 5.91 Å². The molecule has 0 atom stereocenters. The quantitative estimate of drug-likeness (QED) is 0.638. The number of nitrogens with zero attached hydrogens (tertiary/aromatic N) is 2. The Morgan fingerprint density at radius 2 is 1.79 bits per heavy atom. The first-order chi connectivity index (χ1) is 13.5. The number of amides is 1. The zero-order valence-corrected chi connectivity index (χ0v) is 16.4. The summed E-state index contributed by atoms with van der Waals surface area (Å²) in [4.78, 5) is 20.7. The predicted octanol–water partition coefficient (Wildman–Crippen LogP) is 4.45. The number of rotatable bonds is 6. The summed E-state index contributed by atoms with van der Waals surface area (Å²) in [6.45, 7) is 1.89. The van der Waals surface area contributed by atoms with Crippen LogP contribution in [-0.2, 0) is 0 Å². The van der Waals surface area contributed by atoms with Crippen LogP contribution in [0.3, 0.4) is 0 Å². The summed E-state index contributed by atoms with van der Waals surface area (Å²) in [6, 6.07) is 10.6. The number of methoxy groups -OCH3 is 2. The summed E-state index contributed by atoms with van der Waals surface area (Å²) in [6.07, 6.45) is 2.88. The Morgan fingerprint density at radius 1 is 1.04 bits per heavy atom. The Bertz CT molecular complexity index is 993. The molecule has 0 aliphatic carbocycles. The second-order valence-electron chi connectivity index (χ2n) is 5.90. The topological polar surface area (TPSA) is 85.4 Å². The number of halogens is 1. The molecule has 0 aliphatic heterocycles. The van der Waals surface area contributed by atoms with E-state index >= 15 is 0 Å². The molecule has 0 aliphatic rings. The molecule has 0 unspecified atom stereocenters. The van der Waals surface area contributed by atoms with Gasteiger partial charge < -0.3 is 20.1 Å². The second kappa shape index (κ2) is 8.58. The summed E-state index contributed by atoms with van der Waals surface area (Å²) >= 11 is 6.08. The zero-order chi connectivity index (χ0) is 20.1. The van der Waals surface area contributed by atoms with Gasteiger partial charge in [-0.2, -0.15) is 0 Å². The molecular weight excluding hydrogens is 380 g/mol. The molecule has 8 heteroatoms. The molecular formula is C20H19ClN4O3. The Kier molecular flexibility index (Phi) is 5.96. The smallest absolute Gasteiger partial charge is 0.258 e. The average molecular weight is 399 g/mol. The number of ether oxygens (including phenoxy) is 2. The number of hydrogen-bond acceptors (Lipinski definition) is 6. The van der Waals surface area contributed by atoms with E-state index in [9.17, 15) is 4.79 Å². The van der Waals surface area contributed by atoms with Gasteiger partial charge in [-0.05, 0) is 36.8 Å². The zero-order valence-electron chi connectivity index (χ0n) is 15.6. The number of aryl methyl sites for hydroxylation is 1. The fourth-order valence-electron chi connectivity index (χ4n) is 2.41. The molecule has 7 nitrogen and oxygen atoms in total. The maximum absolute atomic E-state index is 12.4. The van der Waals surface area contributed by atoms with Crippen LogP contribution in [0.4, 0.5) is 17.3 Å². The van der Waals surface area contributed by atoms with E-state index in [0.29, 0.717) is 39.4 Å². The number of carbonyl (C=O) groups is 1. The van der Waals surface area contributed by atoms with Gasteiger partial charge in [-0.15, -0.1) is 0 Å². The van der Waals surface area contributed by atoms with Gasteiger partial charge in [0.2, 0.25) is 5.95 Å². The van der Waals surface area contributed by atoms with Crippen LogP contribution >= 0.6 is 11.6 Å². The van der Waals surface area contributed by atoms with Crippen LogP contribution in [0, 0.1) is 6.92 Å². The fourth-order valence-corrected chi connectivity index (χ4v) is 2.59. The van der Waals surface area contributed by atoms with Crippen LogP contribution in [0.5, 0.6) is 11.5 Å². The van der Waals surface area contributed by atoms with E-state index in [1.165, 1.54) is 12.4 Å². The predicted molar refractivity (Wildman–Crippen MR) is 109 cm³/mol. The van der Waals surface area contributed by atoms with E-state index in [2.05, 4.69) is 20.6 Å². The van der Waals surface area contributed by atoms with Crippen LogP contribution in [-0.4, -0.2) is 30.1 Å². The van der Waals surface area contributed by atoms with Gasteiger partial charge in [0.15, 0.2) is 0 Å². The van der Waals surface area contributed by atoms with Gasteiger partial charge in [0.05, 0.1) is 25.5 Å². The van der Waals surface area contributed by atoms with Crippen molar-refractivity contribution in [3.05, 3.63) is 64.9 Å². The average Bonchev–Trinajstić information content (AvgIpc) is 2.71. The second-order valence-corrected chi connectivity index (χ2v) is 6.31. The van der Waals surface area contributed by atoms with Crippen LogP contribution < -0.4 is 20.1 Å². The Hall–Kier alpha value is -3.32. The highest BCUT2D eigenvalue weighted by atomic mass is 35.5. The van der Waals surface area contributed by atoms with Gasteiger partial charge in [-0.3, -0.25) is 4.79 Å². The van der Waals surface area contributed by atoms with Gasteiger partial charge in [0.25, 0.3) is 5.91 Å². The van der Waals surface area contributed by atoms with Gasteiger partial charge in [-0.1, -0.05) is 17.7 Å². The molecule has 0 spiro atoms. The third kappa shape index (κ3) is 4.50. The maximum Gasteiger partial charge on any atom is 0.258 e. The third-order valence-corrected chi connectivity index (χ3v) is 4.41. The van der Waals surface area contributed by atoms with Gasteiger partial charge in [0.1, 0.15) is 11.5 Å². The third-order valence-electron chi connectivity index (χ3n) is 4.00. The molecule has 1 amide bonds. The lowest BCUT2D eigenvalue weighted by atomic mass is 10.2. The van der Waals surface area contributed by atoms with E-state index in [0.717, 1.165) is 5.56 Å². The molecule has 0 radical (unpaired) electrons. The lowest BCUT2D eigenvalue weighted by molar-refractivity contribution is 0.102. The molecule has 2 N–H and O–H groups in total. The van der Waals surface area contributed by atoms with E-state index in [4.69, 9.17) is 21.1 Å². The van der Waals surface area contributed by atoms with Crippen LogP contribution in [0.15, 0.2) is 48.8 Å². The minimum Gasteiger partial charge on any atom is -0.497 e. The monoisotopic (exact) mass is 398 g/mol. The molecule has 0 saturated carbocycles. The van der Waals surface area contributed by atoms with Crippen molar-refractivity contribution in [3.8, 4) is 11.5 Å². The summed E-state index contributed by atoms with van der Waals surface area (Å²) < 4.78 is 10.5. The number of nitrogens with one attached hydrogen (secondary N) is 2. The molecule has 1 aromatic heterocycles. The largest absolute Gasteiger partial charge is 0.497 e. The SMILES string of the molecule is COc1ccc(Nc2ncc(C(=O)Nc3ccc(C)c(Cl)c3)cn2)c(OC)c1. The van der Waals surface area contributed by atoms with Crippen molar-refractivity contribution >= 4 is 34.8 Å². The van der Waals surface area contributed by atoms with Gasteiger partial charge in [-0.25, -0.2) is 9.97 Å². The van der Waals surface area contributed by atoms with Crippen LogP contribution in [0.2, 0.25) is 5.02 Å². The van der Waals surface area contributed by atoms with Crippen molar-refractivity contribution < 1.29 is 14.3 Å². The number of anilines is 3. The first-order valence-corrected chi connectivity index (χ1v) is 8.76. The summed E-state index contributed by atoms with van der Waals surface area (Å²) in [7, 11) is 3.14. The summed E-state index contributed by atoms with van der Waals surface area (Å²) in [5.41, 5.74) is 2.54. The molecule has 1 heterocycles. The molecule has 3 rings (SSSR count). The molecule has 144 valence electrons. The Morgan fingerprint density at radius 3 is 2.43 bits per heavy atom. The van der Waals surface area contributed by atoms with Gasteiger partial charge in [0, 0.05) is 29.2 Å². The van der Waals surface area contributed by atoms with E-state index in [1.54, 1.807) is 44.6 Å². The summed E-state index contributed by atoms with van der Waals surface area (Å²) in [5, 5.41) is 6.41. The molecule has 0 fully saturated rings. The minimum atomic E-state index is -0.325. The Balaban J connectivity index is 1.71. The van der Waals surface area contributed by atoms with Crippen molar-refractivity contribution in [2.24, 2.45) is 0 Å². The number of aromatic nitrogens is 2. The van der Waals surface area contributed by atoms with Crippen molar-refractivity contribution in [2.45, 2.75) is 6.92 Å². The fraction of sp³-hybridized carbons (Fsp3) is 0.150. The van der Waals surface area contributed by atoms with Crippen molar-refractivity contribution in [3.63, 3.8) is 0 Å². The van der Waals surface area contributed by atoms with E-state index < -0.39 is 0 Å². The molecule has 0 saturated heterocycles. The standard InChI is InChI=1S/C20H19ClN4O3/c1-12-4-5-14(8-16(12)21)24-19(26)13-10-22-20(23-11-13)25-17-7-6-15(27-2)9-18(17)28-3/h4-11H,1-3H3,(H,24,26)(H,22,23,25). The van der Waals surface area contributed by atoms with Crippen molar-refractivity contribution in [1.29, 1.82) is 0 Å². The van der Waals surface area contributed by atoms with Crippen molar-refractivity contribution in [2.75, 3.05) is 24.9 Å². The van der Waals surface area contributed by atoms with Crippen LogP contribution in [0.25, 0.3) is 0 Å². The normalized spacial score (nSPS) is 10.3. The maximum atomic E-state index is 12.4. The highest BCUT2D eigenvalue weighted by Gasteiger charge is 2.10. The van der Waals surface area contributed by atoms with Gasteiger partial charge >= 0.3 is 0 Å². The minimum absolute atomic E-state index is 0.323. The molecule has 28 heavy (non-hydrogen) atoms. The Labute approximate surface area is 167 Å². The molecule has 3 aromatic rings. The first kappa shape index (κ1) is 19.4.